The average Bonchev–Trinajstić information content (AvgIpc) is 3.42. The molecule has 152 valence electrons. The summed E-state index contributed by atoms with van der Waals surface area (Å²) in [5.41, 5.74) is 0. The van der Waals surface area contributed by atoms with Crippen molar-refractivity contribution in [2.75, 3.05) is 26.3 Å². The lowest BCUT2D eigenvalue weighted by Crippen LogP contribution is -2.40. The third-order valence-electron chi connectivity index (χ3n) is 5.77. The predicted octanol–water partition coefficient (Wildman–Crippen LogP) is 5.81. The largest absolute Gasteiger partial charge is 0.378 e. The Bertz CT molecular complexity index is 371. The van der Waals surface area contributed by atoms with Crippen LogP contribution in [0.1, 0.15) is 96.8 Å². The summed E-state index contributed by atoms with van der Waals surface area (Å²) < 4.78 is 5.30. The smallest absolute Gasteiger partial charge is 0.222 e. The molecule has 0 unspecified atom stereocenters. The fourth-order valence-electron chi connectivity index (χ4n) is 3.94. The SMILES string of the molecule is CCCCCCCC[C@@H]1S[C@@H]1CCCCCCCC(=O)N1CCOCC1. The molecule has 2 aliphatic rings. The summed E-state index contributed by atoms with van der Waals surface area (Å²) in [5.74, 6) is 0.334. The second-order valence-corrected chi connectivity index (χ2v) is 9.55. The van der Waals surface area contributed by atoms with Crippen LogP contribution in [0, 0.1) is 0 Å². The van der Waals surface area contributed by atoms with E-state index in [1.54, 1.807) is 0 Å². The minimum absolute atomic E-state index is 0.334. The summed E-state index contributed by atoms with van der Waals surface area (Å²) in [7, 11) is 0. The van der Waals surface area contributed by atoms with Crippen LogP contribution in [0.4, 0.5) is 0 Å². The van der Waals surface area contributed by atoms with E-state index in [2.05, 4.69) is 18.7 Å². The fourth-order valence-corrected chi connectivity index (χ4v) is 5.17. The number of amides is 1. The predicted molar refractivity (Wildman–Crippen MR) is 113 cm³/mol. The number of unbranched alkanes of at least 4 members (excludes halogenated alkanes) is 9. The lowest BCUT2D eigenvalue weighted by Gasteiger charge is -2.26. The number of morpholine rings is 1. The molecule has 2 atom stereocenters. The zero-order valence-electron chi connectivity index (χ0n) is 17.1. The van der Waals surface area contributed by atoms with Crippen LogP contribution in [0.5, 0.6) is 0 Å². The minimum atomic E-state index is 0.334. The highest BCUT2D eigenvalue weighted by atomic mass is 32.2. The van der Waals surface area contributed by atoms with E-state index in [9.17, 15) is 4.79 Å². The highest BCUT2D eigenvalue weighted by Crippen LogP contribution is 2.47. The standard InChI is InChI=1S/C22H41NO2S/c1-2-3-4-5-7-10-13-20-21(26-20)14-11-8-6-9-12-15-22(24)23-16-18-25-19-17-23/h20-21H,2-19H2,1H3/t20-,21+/m0/s1. The Morgan fingerprint density at radius 1 is 0.846 bits per heavy atom. The van der Waals surface area contributed by atoms with E-state index >= 15 is 0 Å². The highest BCUT2D eigenvalue weighted by molar-refractivity contribution is 8.07. The second kappa shape index (κ2) is 13.9. The van der Waals surface area contributed by atoms with Crippen molar-refractivity contribution in [2.45, 2.75) is 107 Å². The van der Waals surface area contributed by atoms with E-state index in [0.29, 0.717) is 19.1 Å². The van der Waals surface area contributed by atoms with Gasteiger partial charge in [0.05, 0.1) is 13.2 Å². The van der Waals surface area contributed by atoms with Crippen molar-refractivity contribution in [3.63, 3.8) is 0 Å². The van der Waals surface area contributed by atoms with Crippen molar-refractivity contribution in [3.8, 4) is 0 Å². The molecule has 0 aliphatic carbocycles. The van der Waals surface area contributed by atoms with Crippen LogP contribution in [-0.2, 0) is 9.53 Å². The van der Waals surface area contributed by atoms with Crippen molar-refractivity contribution in [2.24, 2.45) is 0 Å². The van der Waals surface area contributed by atoms with E-state index in [4.69, 9.17) is 4.74 Å². The highest BCUT2D eigenvalue weighted by Gasteiger charge is 2.36. The number of hydrogen-bond donors (Lipinski definition) is 0. The van der Waals surface area contributed by atoms with Gasteiger partial charge in [-0.3, -0.25) is 4.79 Å². The number of nitrogens with zero attached hydrogens (tertiary/aromatic N) is 1. The maximum Gasteiger partial charge on any atom is 0.222 e. The van der Waals surface area contributed by atoms with Gasteiger partial charge in [-0.1, -0.05) is 71.1 Å². The van der Waals surface area contributed by atoms with Crippen LogP contribution in [0.3, 0.4) is 0 Å². The number of carbonyl (C=O) groups excluding carboxylic acids is 1. The first-order valence-corrected chi connectivity index (χ1v) is 12.3. The van der Waals surface area contributed by atoms with E-state index in [0.717, 1.165) is 36.4 Å². The average molecular weight is 384 g/mol. The molecular weight excluding hydrogens is 342 g/mol. The maximum absolute atomic E-state index is 12.0. The molecule has 0 aromatic heterocycles. The van der Waals surface area contributed by atoms with Crippen molar-refractivity contribution >= 4 is 17.7 Å². The molecule has 2 fully saturated rings. The van der Waals surface area contributed by atoms with E-state index in [1.165, 1.54) is 77.0 Å². The number of thioether (sulfide) groups is 1. The van der Waals surface area contributed by atoms with Gasteiger partial charge in [0.2, 0.25) is 5.91 Å². The Labute approximate surface area is 166 Å². The first-order valence-electron chi connectivity index (χ1n) is 11.3. The Morgan fingerprint density at radius 3 is 2.00 bits per heavy atom. The molecule has 0 aromatic rings. The molecule has 1 amide bonds. The van der Waals surface area contributed by atoms with Gasteiger partial charge >= 0.3 is 0 Å². The molecular formula is C22H41NO2S. The molecule has 4 heteroatoms. The summed E-state index contributed by atoms with van der Waals surface area (Å²) in [6.07, 6.45) is 18.5. The second-order valence-electron chi connectivity index (χ2n) is 8.07. The van der Waals surface area contributed by atoms with Gasteiger partial charge in [0.1, 0.15) is 0 Å². The lowest BCUT2D eigenvalue weighted by molar-refractivity contribution is -0.135. The van der Waals surface area contributed by atoms with E-state index < -0.39 is 0 Å². The van der Waals surface area contributed by atoms with Gasteiger partial charge in [-0.2, -0.15) is 11.8 Å². The molecule has 0 saturated carbocycles. The van der Waals surface area contributed by atoms with Gasteiger partial charge in [-0.15, -0.1) is 0 Å². The minimum Gasteiger partial charge on any atom is -0.378 e. The fraction of sp³-hybridized carbons (Fsp3) is 0.955. The summed E-state index contributed by atoms with van der Waals surface area (Å²) >= 11 is 2.23. The molecule has 2 rings (SSSR count). The van der Waals surface area contributed by atoms with Crippen LogP contribution < -0.4 is 0 Å². The van der Waals surface area contributed by atoms with Crippen molar-refractivity contribution < 1.29 is 9.53 Å². The van der Waals surface area contributed by atoms with Crippen LogP contribution in [0.25, 0.3) is 0 Å². The third kappa shape index (κ3) is 9.64. The summed E-state index contributed by atoms with van der Waals surface area (Å²) in [6, 6.07) is 0. The van der Waals surface area contributed by atoms with Crippen LogP contribution in [0.15, 0.2) is 0 Å². The molecule has 26 heavy (non-hydrogen) atoms. The van der Waals surface area contributed by atoms with Crippen molar-refractivity contribution in [1.82, 2.24) is 4.90 Å². The molecule has 0 spiro atoms. The number of rotatable bonds is 15. The Kier molecular flexibility index (Phi) is 11.8. The van der Waals surface area contributed by atoms with Crippen LogP contribution >= 0.6 is 11.8 Å². The van der Waals surface area contributed by atoms with Crippen molar-refractivity contribution in [3.05, 3.63) is 0 Å². The zero-order chi connectivity index (χ0) is 18.5. The molecule has 0 radical (unpaired) electrons. The Balaban J connectivity index is 1.32. The van der Waals surface area contributed by atoms with Gasteiger partial charge in [-0.05, 0) is 19.3 Å². The van der Waals surface area contributed by atoms with Gasteiger partial charge in [0, 0.05) is 30.0 Å². The van der Waals surface area contributed by atoms with E-state index in [-0.39, 0.29) is 0 Å². The number of hydrogen-bond acceptors (Lipinski definition) is 3. The summed E-state index contributed by atoms with van der Waals surface area (Å²) in [5, 5.41) is 1.97. The van der Waals surface area contributed by atoms with Crippen LogP contribution in [0.2, 0.25) is 0 Å². The monoisotopic (exact) mass is 383 g/mol. The molecule has 0 aromatic carbocycles. The topological polar surface area (TPSA) is 29.5 Å². The normalized spacial score (nSPS) is 22.6. The van der Waals surface area contributed by atoms with E-state index in [1.807, 2.05) is 4.90 Å². The van der Waals surface area contributed by atoms with Crippen molar-refractivity contribution in [1.29, 1.82) is 0 Å². The van der Waals surface area contributed by atoms with Gasteiger partial charge in [0.15, 0.2) is 0 Å². The molecule has 2 heterocycles. The quantitative estimate of drug-likeness (QED) is 0.264. The first kappa shape index (κ1) is 22.1. The summed E-state index contributed by atoms with van der Waals surface area (Å²) in [6.45, 7) is 5.29. The van der Waals surface area contributed by atoms with Gasteiger partial charge in [0.25, 0.3) is 0 Å². The van der Waals surface area contributed by atoms with Crippen LogP contribution in [-0.4, -0.2) is 47.6 Å². The molecule has 2 saturated heterocycles. The lowest BCUT2D eigenvalue weighted by atomic mass is 10.0. The Morgan fingerprint density at radius 2 is 1.38 bits per heavy atom. The number of ether oxygens (including phenoxy) is 1. The molecule has 2 aliphatic heterocycles. The summed E-state index contributed by atoms with van der Waals surface area (Å²) in [4.78, 5) is 14.0. The van der Waals surface area contributed by atoms with Gasteiger partial charge in [-0.25, -0.2) is 0 Å². The first-order chi connectivity index (χ1) is 12.8. The Hall–Kier alpha value is -0.220. The molecule has 3 nitrogen and oxygen atoms in total. The van der Waals surface area contributed by atoms with Gasteiger partial charge < -0.3 is 9.64 Å². The molecule has 0 N–H and O–H groups in total. The maximum atomic E-state index is 12.0. The number of carbonyl (C=O) groups is 1. The molecule has 0 bridgehead atoms. The third-order valence-corrected chi connectivity index (χ3v) is 7.29. The zero-order valence-corrected chi connectivity index (χ0v) is 17.9.